The fourth-order valence-electron chi connectivity index (χ4n) is 3.99. The molecule has 4 rings (SSSR count). The molecule has 128 valence electrons. The van der Waals surface area contributed by atoms with Crippen LogP contribution in [0, 0.1) is 19.8 Å². The van der Waals surface area contributed by atoms with Gasteiger partial charge in [-0.1, -0.05) is 5.16 Å². The van der Waals surface area contributed by atoms with Gasteiger partial charge in [-0.05, 0) is 38.7 Å². The third kappa shape index (κ3) is 2.39. The van der Waals surface area contributed by atoms with Crippen LogP contribution >= 0.6 is 0 Å². The van der Waals surface area contributed by atoms with E-state index < -0.39 is 0 Å². The lowest BCUT2D eigenvalue weighted by atomic mass is 10.0. The van der Waals surface area contributed by atoms with Crippen LogP contribution in [-0.4, -0.2) is 58.0 Å². The standard InChI is InChI=1S/C17H21N3O4/c1-9-5-12(15-10(2)19-24-16(15)18-9)17(22)20-3-4-23-14-7-11(8-21)6-13(14)20/h5,11,13-14,21H,3-4,6-8H2,1-2H3/t11-,13+,14+/m1/s1. The van der Waals surface area contributed by atoms with Gasteiger partial charge >= 0.3 is 0 Å². The molecule has 1 saturated heterocycles. The van der Waals surface area contributed by atoms with Crippen LogP contribution in [0.2, 0.25) is 0 Å². The molecule has 0 spiro atoms. The molecule has 1 N–H and O–H groups in total. The Morgan fingerprint density at radius 3 is 3.04 bits per heavy atom. The Morgan fingerprint density at radius 1 is 1.42 bits per heavy atom. The Kier molecular flexibility index (Phi) is 3.77. The summed E-state index contributed by atoms with van der Waals surface area (Å²) in [4.78, 5) is 19.5. The van der Waals surface area contributed by atoms with Crippen LogP contribution in [0.1, 0.15) is 34.6 Å². The van der Waals surface area contributed by atoms with E-state index >= 15 is 0 Å². The second-order valence-corrected chi connectivity index (χ2v) is 6.75. The zero-order valence-corrected chi connectivity index (χ0v) is 13.9. The summed E-state index contributed by atoms with van der Waals surface area (Å²) >= 11 is 0. The summed E-state index contributed by atoms with van der Waals surface area (Å²) in [5.41, 5.74) is 2.39. The number of amides is 1. The summed E-state index contributed by atoms with van der Waals surface area (Å²) < 4.78 is 11.1. The first kappa shape index (κ1) is 15.5. The summed E-state index contributed by atoms with van der Waals surface area (Å²) in [6.45, 7) is 4.89. The van der Waals surface area contributed by atoms with E-state index in [0.29, 0.717) is 35.5 Å². The maximum atomic E-state index is 13.3. The van der Waals surface area contributed by atoms with E-state index in [4.69, 9.17) is 9.26 Å². The summed E-state index contributed by atoms with van der Waals surface area (Å²) in [7, 11) is 0. The van der Waals surface area contributed by atoms with Gasteiger partial charge in [0.2, 0.25) is 0 Å². The van der Waals surface area contributed by atoms with Crippen molar-refractivity contribution in [1.29, 1.82) is 0 Å². The highest BCUT2D eigenvalue weighted by Gasteiger charge is 2.43. The van der Waals surface area contributed by atoms with E-state index in [2.05, 4.69) is 10.1 Å². The SMILES string of the molecule is Cc1cc(C(=O)N2CCO[C@H]3C[C@H](CO)C[C@@H]32)c2c(C)noc2n1. The van der Waals surface area contributed by atoms with Crippen molar-refractivity contribution >= 4 is 17.0 Å². The van der Waals surface area contributed by atoms with E-state index in [1.807, 2.05) is 18.7 Å². The number of carbonyl (C=O) groups excluding carboxylic acids is 1. The lowest BCUT2D eigenvalue weighted by molar-refractivity contribution is -0.0448. The Balaban J connectivity index is 1.72. The van der Waals surface area contributed by atoms with Gasteiger partial charge in [0.15, 0.2) is 0 Å². The van der Waals surface area contributed by atoms with Crippen molar-refractivity contribution in [2.45, 2.75) is 38.8 Å². The van der Waals surface area contributed by atoms with Gasteiger partial charge in [-0.2, -0.15) is 0 Å². The predicted molar refractivity (Wildman–Crippen MR) is 85.7 cm³/mol. The number of aromatic nitrogens is 2. The van der Waals surface area contributed by atoms with E-state index in [9.17, 15) is 9.90 Å². The Labute approximate surface area is 139 Å². The minimum atomic E-state index is -0.0336. The average Bonchev–Trinajstić information content (AvgIpc) is 3.16. The van der Waals surface area contributed by atoms with Crippen molar-refractivity contribution in [2.24, 2.45) is 5.92 Å². The van der Waals surface area contributed by atoms with Crippen molar-refractivity contribution in [3.63, 3.8) is 0 Å². The van der Waals surface area contributed by atoms with E-state index in [0.717, 1.165) is 18.5 Å². The molecule has 0 radical (unpaired) electrons. The normalized spacial score (nSPS) is 26.8. The molecule has 7 nitrogen and oxygen atoms in total. The van der Waals surface area contributed by atoms with Gasteiger partial charge in [-0.15, -0.1) is 0 Å². The predicted octanol–water partition coefficient (Wildman–Crippen LogP) is 1.45. The number of morpholine rings is 1. The third-order valence-corrected chi connectivity index (χ3v) is 5.13. The molecule has 7 heteroatoms. The van der Waals surface area contributed by atoms with Crippen molar-refractivity contribution in [2.75, 3.05) is 19.8 Å². The Bertz CT molecular complexity index is 787. The summed E-state index contributed by atoms with van der Waals surface area (Å²) in [6.07, 6.45) is 1.60. The van der Waals surface area contributed by atoms with Gasteiger partial charge in [-0.25, -0.2) is 4.98 Å². The number of aliphatic hydroxyl groups is 1. The zero-order valence-electron chi connectivity index (χ0n) is 13.9. The van der Waals surface area contributed by atoms with Crippen LogP contribution in [0.4, 0.5) is 0 Å². The quantitative estimate of drug-likeness (QED) is 0.896. The minimum absolute atomic E-state index is 0.0156. The first-order chi connectivity index (χ1) is 11.6. The molecule has 2 fully saturated rings. The van der Waals surface area contributed by atoms with E-state index in [-0.39, 0.29) is 30.6 Å². The van der Waals surface area contributed by atoms with Gasteiger partial charge in [0.25, 0.3) is 11.6 Å². The van der Waals surface area contributed by atoms with Gasteiger partial charge in [0.1, 0.15) is 0 Å². The van der Waals surface area contributed by atoms with Gasteiger partial charge in [0, 0.05) is 18.8 Å². The van der Waals surface area contributed by atoms with Crippen molar-refractivity contribution in [1.82, 2.24) is 15.0 Å². The first-order valence-corrected chi connectivity index (χ1v) is 8.35. The molecule has 1 aliphatic heterocycles. The first-order valence-electron chi connectivity index (χ1n) is 8.35. The molecular formula is C17H21N3O4. The van der Waals surface area contributed by atoms with Crippen molar-refractivity contribution < 1.29 is 19.2 Å². The number of fused-ring (bicyclic) bond motifs is 2. The summed E-state index contributed by atoms with van der Waals surface area (Å²) in [5.74, 6) is 0.165. The Hall–Kier alpha value is -1.99. The molecule has 1 amide bonds. The minimum Gasteiger partial charge on any atom is -0.396 e. The van der Waals surface area contributed by atoms with Crippen LogP contribution in [0.3, 0.4) is 0 Å². The molecule has 0 bridgehead atoms. The number of hydrogen-bond acceptors (Lipinski definition) is 6. The number of aryl methyl sites for hydroxylation is 2. The monoisotopic (exact) mass is 331 g/mol. The number of rotatable bonds is 2. The van der Waals surface area contributed by atoms with Gasteiger partial charge in [-0.3, -0.25) is 4.79 Å². The van der Waals surface area contributed by atoms with Crippen LogP contribution < -0.4 is 0 Å². The molecular weight excluding hydrogens is 310 g/mol. The maximum Gasteiger partial charge on any atom is 0.258 e. The second-order valence-electron chi connectivity index (χ2n) is 6.75. The molecule has 3 atom stereocenters. The molecule has 3 heterocycles. The third-order valence-electron chi connectivity index (χ3n) is 5.13. The zero-order chi connectivity index (χ0) is 16.8. The molecule has 1 aliphatic carbocycles. The number of ether oxygens (including phenoxy) is 1. The molecule has 24 heavy (non-hydrogen) atoms. The summed E-state index contributed by atoms with van der Waals surface area (Å²) in [5, 5.41) is 14.1. The van der Waals surface area contributed by atoms with E-state index in [1.165, 1.54) is 0 Å². The fourth-order valence-corrected chi connectivity index (χ4v) is 3.99. The highest BCUT2D eigenvalue weighted by atomic mass is 16.5. The van der Waals surface area contributed by atoms with Gasteiger partial charge < -0.3 is 19.3 Å². The number of carbonyl (C=O) groups is 1. The highest BCUT2D eigenvalue weighted by molar-refractivity contribution is 6.06. The summed E-state index contributed by atoms with van der Waals surface area (Å²) in [6, 6.07) is 1.82. The Morgan fingerprint density at radius 2 is 2.25 bits per heavy atom. The average molecular weight is 331 g/mol. The molecule has 0 unspecified atom stereocenters. The maximum absolute atomic E-state index is 13.3. The number of aliphatic hydroxyl groups excluding tert-OH is 1. The molecule has 0 aromatic carbocycles. The van der Waals surface area contributed by atoms with Gasteiger partial charge in [0.05, 0.1) is 35.4 Å². The molecule has 1 saturated carbocycles. The topological polar surface area (TPSA) is 88.7 Å². The van der Waals surface area contributed by atoms with Crippen LogP contribution in [0.15, 0.2) is 10.6 Å². The van der Waals surface area contributed by atoms with E-state index in [1.54, 1.807) is 6.07 Å². The van der Waals surface area contributed by atoms with Crippen molar-refractivity contribution in [3.8, 4) is 0 Å². The largest absolute Gasteiger partial charge is 0.396 e. The van der Waals surface area contributed by atoms with Crippen LogP contribution in [0.25, 0.3) is 11.1 Å². The molecule has 2 aromatic rings. The lowest BCUT2D eigenvalue weighted by Crippen LogP contribution is -2.51. The number of hydrogen-bond donors (Lipinski definition) is 1. The number of nitrogens with zero attached hydrogens (tertiary/aromatic N) is 3. The van der Waals surface area contributed by atoms with Crippen LogP contribution in [0.5, 0.6) is 0 Å². The highest BCUT2D eigenvalue weighted by Crippen LogP contribution is 2.35. The number of pyridine rings is 1. The lowest BCUT2D eigenvalue weighted by Gasteiger charge is -2.37. The molecule has 2 aliphatic rings. The second kappa shape index (κ2) is 5.82. The fraction of sp³-hybridized carbons (Fsp3) is 0.588. The van der Waals surface area contributed by atoms with Crippen molar-refractivity contribution in [3.05, 3.63) is 23.0 Å². The van der Waals surface area contributed by atoms with Crippen LogP contribution in [-0.2, 0) is 4.74 Å². The smallest absolute Gasteiger partial charge is 0.258 e. The molecule has 2 aromatic heterocycles.